The summed E-state index contributed by atoms with van der Waals surface area (Å²) < 4.78 is 40.9. The highest BCUT2D eigenvalue weighted by molar-refractivity contribution is 5.85. The highest BCUT2D eigenvalue weighted by atomic mass is 35.5. The van der Waals surface area contributed by atoms with Gasteiger partial charge in [-0.1, -0.05) is 11.6 Å². The van der Waals surface area contributed by atoms with Crippen LogP contribution in [0.2, 0.25) is 0 Å². The van der Waals surface area contributed by atoms with E-state index in [1.165, 1.54) is 0 Å². The average Bonchev–Trinajstić information content (AvgIpc) is 2.63. The molecule has 0 aliphatic heterocycles. The third-order valence-corrected chi connectivity index (χ3v) is 3.52. The van der Waals surface area contributed by atoms with Crippen LogP contribution in [0.15, 0.2) is 4.52 Å². The van der Waals surface area contributed by atoms with Gasteiger partial charge in [0.2, 0.25) is 0 Å². The van der Waals surface area contributed by atoms with Crippen molar-refractivity contribution in [2.24, 2.45) is 5.92 Å². The minimum Gasteiger partial charge on any atom is -0.329 e. The number of alkyl halides is 3. The molecule has 2 aliphatic rings. The van der Waals surface area contributed by atoms with Gasteiger partial charge in [0, 0.05) is 5.41 Å². The van der Waals surface area contributed by atoms with Gasteiger partial charge in [-0.25, -0.2) is 0 Å². The maximum atomic E-state index is 12.2. The Balaban J connectivity index is 0.000000963. The Kier molecular flexibility index (Phi) is 2.45. The quantitative estimate of drug-likeness (QED) is 0.773. The molecule has 1 heterocycles. The summed E-state index contributed by atoms with van der Waals surface area (Å²) in [5.74, 6) is -0.474. The monoisotopic (exact) mass is 254 g/mol. The van der Waals surface area contributed by atoms with Crippen LogP contribution in [0, 0.1) is 5.92 Å². The van der Waals surface area contributed by atoms with E-state index >= 15 is 0 Å². The van der Waals surface area contributed by atoms with Crippen molar-refractivity contribution in [3.05, 3.63) is 11.7 Å². The maximum Gasteiger partial charge on any atom is 0.471 e. The van der Waals surface area contributed by atoms with Crippen molar-refractivity contribution >= 4 is 12.4 Å². The summed E-state index contributed by atoms with van der Waals surface area (Å²) >= 11 is 0. The summed E-state index contributed by atoms with van der Waals surface area (Å²) in [6, 6.07) is 0. The van der Waals surface area contributed by atoms with Crippen LogP contribution in [0.3, 0.4) is 0 Å². The number of aromatic nitrogens is 2. The molecule has 2 atom stereocenters. The molecule has 0 bridgehead atoms. The van der Waals surface area contributed by atoms with Crippen LogP contribution in [0.25, 0.3) is 0 Å². The third kappa shape index (κ3) is 1.50. The number of halogens is 4. The van der Waals surface area contributed by atoms with Gasteiger partial charge in [0.25, 0.3) is 0 Å². The van der Waals surface area contributed by atoms with Crippen molar-refractivity contribution < 1.29 is 17.7 Å². The molecule has 2 aliphatic carbocycles. The van der Waals surface area contributed by atoms with Crippen molar-refractivity contribution in [3.63, 3.8) is 0 Å². The van der Waals surface area contributed by atoms with Crippen molar-refractivity contribution in [1.82, 2.24) is 10.1 Å². The number of rotatable bonds is 1. The lowest BCUT2D eigenvalue weighted by molar-refractivity contribution is -0.159. The smallest absolute Gasteiger partial charge is 0.329 e. The minimum absolute atomic E-state index is 0. The third-order valence-electron chi connectivity index (χ3n) is 3.52. The lowest BCUT2D eigenvalue weighted by Gasteiger charge is -2.03. The Bertz CT molecular complexity index is 406. The topological polar surface area (TPSA) is 38.9 Å². The molecule has 0 saturated heterocycles. The van der Waals surface area contributed by atoms with Crippen molar-refractivity contribution in [1.29, 1.82) is 0 Å². The van der Waals surface area contributed by atoms with Crippen LogP contribution < -0.4 is 0 Å². The van der Waals surface area contributed by atoms with Gasteiger partial charge >= 0.3 is 12.1 Å². The minimum atomic E-state index is -4.52. The zero-order valence-corrected chi connectivity index (χ0v) is 9.07. The summed E-state index contributed by atoms with van der Waals surface area (Å²) in [7, 11) is 0. The number of nitrogens with zero attached hydrogens (tertiary/aromatic N) is 2. The van der Waals surface area contributed by atoms with E-state index in [9.17, 15) is 13.2 Å². The molecule has 0 aromatic carbocycles. The molecule has 16 heavy (non-hydrogen) atoms. The first-order valence-electron chi connectivity index (χ1n) is 4.94. The van der Waals surface area contributed by atoms with E-state index in [2.05, 4.69) is 14.7 Å². The molecule has 2 saturated carbocycles. The van der Waals surface area contributed by atoms with Gasteiger partial charge in [-0.05, 0) is 25.2 Å². The van der Waals surface area contributed by atoms with Crippen molar-refractivity contribution in [2.45, 2.75) is 37.3 Å². The zero-order valence-electron chi connectivity index (χ0n) is 8.25. The number of fused-ring (bicyclic) bond motifs is 1. The molecule has 3 rings (SSSR count). The van der Waals surface area contributed by atoms with Crippen LogP contribution in [-0.4, -0.2) is 10.1 Å². The Morgan fingerprint density at radius 3 is 2.56 bits per heavy atom. The van der Waals surface area contributed by atoms with Crippen LogP contribution >= 0.6 is 12.4 Å². The predicted molar refractivity (Wildman–Crippen MR) is 50.2 cm³/mol. The van der Waals surface area contributed by atoms with E-state index in [4.69, 9.17) is 0 Å². The second-order valence-corrected chi connectivity index (χ2v) is 4.37. The van der Waals surface area contributed by atoms with Gasteiger partial charge in [-0.15, -0.1) is 12.4 Å². The van der Waals surface area contributed by atoms with Gasteiger partial charge in [0.1, 0.15) is 0 Å². The lowest BCUT2D eigenvalue weighted by atomic mass is 10.0. The standard InChI is InChI=1S/C9H9F3N2O.ClH/c10-9(11,12)7-13-6(14-15-7)8-3-1-2-5(8)4-8;/h5H,1-4H2;1H. The summed E-state index contributed by atoms with van der Waals surface area (Å²) in [6.45, 7) is 0. The van der Waals surface area contributed by atoms with E-state index in [-0.39, 0.29) is 23.6 Å². The fraction of sp³-hybridized carbons (Fsp3) is 0.778. The van der Waals surface area contributed by atoms with E-state index in [1.54, 1.807) is 0 Å². The molecular formula is C9H10ClF3N2O. The molecule has 2 unspecified atom stereocenters. The number of hydrogen-bond acceptors (Lipinski definition) is 3. The van der Waals surface area contributed by atoms with E-state index in [0.717, 1.165) is 25.7 Å². The fourth-order valence-corrected chi connectivity index (χ4v) is 2.66. The predicted octanol–water partition coefficient (Wildman–Crippen LogP) is 2.95. The van der Waals surface area contributed by atoms with Crippen LogP contribution in [0.4, 0.5) is 13.2 Å². The normalized spacial score (nSPS) is 32.1. The Hall–Kier alpha value is -0.780. The molecule has 0 amide bonds. The van der Waals surface area contributed by atoms with Crippen molar-refractivity contribution in [2.75, 3.05) is 0 Å². The van der Waals surface area contributed by atoms with E-state index in [1.807, 2.05) is 0 Å². The van der Waals surface area contributed by atoms with Gasteiger partial charge in [0.05, 0.1) is 0 Å². The second kappa shape index (κ2) is 3.35. The molecular weight excluding hydrogens is 245 g/mol. The molecule has 0 spiro atoms. The lowest BCUT2D eigenvalue weighted by Crippen LogP contribution is -2.10. The number of hydrogen-bond donors (Lipinski definition) is 0. The largest absolute Gasteiger partial charge is 0.471 e. The Labute approximate surface area is 95.8 Å². The first kappa shape index (κ1) is 11.7. The van der Waals surface area contributed by atoms with E-state index in [0.29, 0.717) is 5.92 Å². The molecule has 90 valence electrons. The highest BCUT2D eigenvalue weighted by Gasteiger charge is 2.61. The summed E-state index contributed by atoms with van der Waals surface area (Å²) in [6.07, 6.45) is -0.570. The molecule has 1 aromatic heterocycles. The summed E-state index contributed by atoms with van der Waals surface area (Å²) in [5.41, 5.74) is -0.174. The first-order chi connectivity index (χ1) is 7.02. The van der Waals surface area contributed by atoms with Gasteiger partial charge in [-0.2, -0.15) is 18.2 Å². The molecule has 1 aromatic rings. The summed E-state index contributed by atoms with van der Waals surface area (Å²) in [4.78, 5) is 3.47. The van der Waals surface area contributed by atoms with Crippen molar-refractivity contribution in [3.8, 4) is 0 Å². The maximum absolute atomic E-state index is 12.2. The molecule has 0 N–H and O–H groups in total. The molecule has 7 heteroatoms. The summed E-state index contributed by atoms with van der Waals surface area (Å²) in [5, 5.41) is 3.47. The van der Waals surface area contributed by atoms with Gasteiger partial charge in [-0.3, -0.25) is 0 Å². The van der Waals surface area contributed by atoms with E-state index < -0.39 is 12.1 Å². The second-order valence-electron chi connectivity index (χ2n) is 4.37. The Morgan fingerprint density at radius 2 is 2.12 bits per heavy atom. The molecule has 3 nitrogen and oxygen atoms in total. The van der Waals surface area contributed by atoms with Crippen LogP contribution in [0.5, 0.6) is 0 Å². The fourth-order valence-electron chi connectivity index (χ4n) is 2.66. The zero-order chi connectivity index (χ0) is 10.7. The van der Waals surface area contributed by atoms with Crippen LogP contribution in [0.1, 0.15) is 37.4 Å². The molecule has 2 fully saturated rings. The van der Waals surface area contributed by atoms with Gasteiger partial charge < -0.3 is 4.52 Å². The highest BCUT2D eigenvalue weighted by Crippen LogP contribution is 2.63. The SMILES string of the molecule is Cl.FC(F)(F)c1nc(C23CCCC2C3)no1. The average molecular weight is 255 g/mol. The van der Waals surface area contributed by atoms with Crippen LogP contribution in [-0.2, 0) is 11.6 Å². The molecule has 0 radical (unpaired) electrons. The Morgan fingerprint density at radius 1 is 1.38 bits per heavy atom. The first-order valence-corrected chi connectivity index (χ1v) is 4.94. The van der Waals surface area contributed by atoms with Gasteiger partial charge in [0.15, 0.2) is 5.82 Å².